The number of nitrogens with zero attached hydrogens (tertiary/aromatic N) is 1. The van der Waals surface area contributed by atoms with E-state index in [2.05, 4.69) is 0 Å². The molecule has 1 fully saturated rings. The molecule has 2 heterocycles. The van der Waals surface area contributed by atoms with E-state index < -0.39 is 5.79 Å². The standard InChI is InChI=1S/C20H20ClNO4/c1-13-3-5-14(6-4-13)20(2)25-17-11-15(16(21)12-18(17)26-20)19(23)22-7-9-24-10-8-22/h3-6,11-12H,7-10H2,1-2H3. The molecular formula is C20H20ClNO4. The zero-order chi connectivity index (χ0) is 18.3. The summed E-state index contributed by atoms with van der Waals surface area (Å²) in [7, 11) is 0. The van der Waals surface area contributed by atoms with E-state index in [0.29, 0.717) is 48.4 Å². The number of carbonyl (C=O) groups excluding carboxylic acids is 1. The molecule has 0 spiro atoms. The maximum Gasteiger partial charge on any atom is 0.275 e. The molecule has 1 unspecified atom stereocenters. The lowest BCUT2D eigenvalue weighted by Gasteiger charge is -2.27. The molecule has 6 heteroatoms. The van der Waals surface area contributed by atoms with Gasteiger partial charge in [-0.1, -0.05) is 41.4 Å². The molecule has 2 aliphatic heterocycles. The predicted octanol–water partition coefficient (Wildman–Crippen LogP) is 3.76. The number of amides is 1. The minimum atomic E-state index is -0.944. The molecule has 2 aromatic carbocycles. The van der Waals surface area contributed by atoms with E-state index in [0.717, 1.165) is 11.1 Å². The highest BCUT2D eigenvalue weighted by Crippen LogP contribution is 2.46. The quantitative estimate of drug-likeness (QED) is 0.804. The monoisotopic (exact) mass is 373 g/mol. The number of hydrogen-bond acceptors (Lipinski definition) is 4. The number of halogens is 1. The summed E-state index contributed by atoms with van der Waals surface area (Å²) in [6.45, 7) is 6.09. The second-order valence-electron chi connectivity index (χ2n) is 6.70. The second kappa shape index (κ2) is 6.49. The lowest BCUT2D eigenvalue weighted by atomic mass is 10.1. The summed E-state index contributed by atoms with van der Waals surface area (Å²) in [6, 6.07) is 11.3. The molecule has 0 radical (unpaired) electrons. The van der Waals surface area contributed by atoms with E-state index in [1.54, 1.807) is 17.0 Å². The third kappa shape index (κ3) is 3.02. The molecule has 2 aromatic rings. The van der Waals surface area contributed by atoms with Gasteiger partial charge in [0.2, 0.25) is 0 Å². The highest BCUT2D eigenvalue weighted by molar-refractivity contribution is 6.34. The summed E-state index contributed by atoms with van der Waals surface area (Å²) in [4.78, 5) is 14.5. The lowest BCUT2D eigenvalue weighted by molar-refractivity contribution is -0.0680. The molecule has 2 aliphatic rings. The van der Waals surface area contributed by atoms with Crippen molar-refractivity contribution in [1.29, 1.82) is 0 Å². The lowest BCUT2D eigenvalue weighted by Crippen LogP contribution is -2.40. The molecule has 136 valence electrons. The zero-order valence-corrected chi connectivity index (χ0v) is 15.5. The Balaban J connectivity index is 1.63. The number of benzene rings is 2. The molecule has 5 nitrogen and oxygen atoms in total. The van der Waals surface area contributed by atoms with Crippen LogP contribution in [0.4, 0.5) is 0 Å². The first-order valence-electron chi connectivity index (χ1n) is 8.62. The van der Waals surface area contributed by atoms with Crippen LogP contribution in [0.15, 0.2) is 36.4 Å². The van der Waals surface area contributed by atoms with E-state index in [4.69, 9.17) is 25.8 Å². The molecule has 0 aliphatic carbocycles. The number of rotatable bonds is 2. The van der Waals surface area contributed by atoms with Gasteiger partial charge in [0.15, 0.2) is 11.5 Å². The average Bonchev–Trinajstić information content (AvgIpc) is 2.98. The fourth-order valence-corrected chi connectivity index (χ4v) is 3.44. The molecule has 26 heavy (non-hydrogen) atoms. The zero-order valence-electron chi connectivity index (χ0n) is 14.8. The molecule has 0 bridgehead atoms. The van der Waals surface area contributed by atoms with Crippen LogP contribution in [0.5, 0.6) is 11.5 Å². The normalized spacial score (nSPS) is 21.7. The molecule has 0 N–H and O–H groups in total. The van der Waals surface area contributed by atoms with Gasteiger partial charge in [-0.3, -0.25) is 4.79 Å². The Morgan fingerprint density at radius 2 is 1.69 bits per heavy atom. The number of aryl methyl sites for hydroxylation is 1. The van der Waals surface area contributed by atoms with Crippen LogP contribution < -0.4 is 9.47 Å². The van der Waals surface area contributed by atoms with Gasteiger partial charge in [-0.15, -0.1) is 0 Å². The number of hydrogen-bond donors (Lipinski definition) is 0. The van der Waals surface area contributed by atoms with Gasteiger partial charge in [0.05, 0.1) is 23.8 Å². The Hall–Kier alpha value is -2.24. The van der Waals surface area contributed by atoms with Gasteiger partial charge in [-0.05, 0) is 13.0 Å². The highest BCUT2D eigenvalue weighted by Gasteiger charge is 2.39. The van der Waals surface area contributed by atoms with Gasteiger partial charge >= 0.3 is 0 Å². The number of morpholine rings is 1. The maximum absolute atomic E-state index is 12.8. The minimum absolute atomic E-state index is 0.117. The third-order valence-corrected chi connectivity index (χ3v) is 5.06. The van der Waals surface area contributed by atoms with Crippen molar-refractivity contribution >= 4 is 17.5 Å². The van der Waals surface area contributed by atoms with Gasteiger partial charge in [0, 0.05) is 31.6 Å². The Bertz CT molecular complexity index is 846. The van der Waals surface area contributed by atoms with Gasteiger partial charge < -0.3 is 19.1 Å². The Labute approximate surface area is 157 Å². The third-order valence-electron chi connectivity index (χ3n) is 4.75. The SMILES string of the molecule is Cc1ccc(C2(C)Oc3cc(Cl)c(C(=O)N4CCOCC4)cc3O2)cc1. The Morgan fingerprint density at radius 1 is 1.08 bits per heavy atom. The first-order valence-corrected chi connectivity index (χ1v) is 9.00. The van der Waals surface area contributed by atoms with Crippen molar-refractivity contribution in [3.8, 4) is 11.5 Å². The predicted molar refractivity (Wildman–Crippen MR) is 98.0 cm³/mol. The fourth-order valence-electron chi connectivity index (χ4n) is 3.21. The van der Waals surface area contributed by atoms with Crippen molar-refractivity contribution in [3.63, 3.8) is 0 Å². The highest BCUT2D eigenvalue weighted by atomic mass is 35.5. The van der Waals surface area contributed by atoms with Gasteiger partial charge in [-0.25, -0.2) is 0 Å². The fraction of sp³-hybridized carbons (Fsp3) is 0.350. The van der Waals surface area contributed by atoms with Crippen LogP contribution in [0.25, 0.3) is 0 Å². The van der Waals surface area contributed by atoms with Crippen LogP contribution in [0, 0.1) is 6.92 Å². The van der Waals surface area contributed by atoms with Gasteiger partial charge in [0.25, 0.3) is 11.7 Å². The summed E-state index contributed by atoms with van der Waals surface area (Å²) < 4.78 is 17.4. The van der Waals surface area contributed by atoms with Crippen LogP contribution >= 0.6 is 11.6 Å². The summed E-state index contributed by atoms with van der Waals surface area (Å²) in [5.74, 6) is -0.000627. The van der Waals surface area contributed by atoms with Crippen molar-refractivity contribution in [3.05, 3.63) is 58.1 Å². The number of carbonyl (C=O) groups is 1. The van der Waals surface area contributed by atoms with E-state index in [9.17, 15) is 4.79 Å². The first kappa shape index (κ1) is 17.2. The summed E-state index contributed by atoms with van der Waals surface area (Å²) in [5, 5.41) is 0.358. The van der Waals surface area contributed by atoms with Crippen molar-refractivity contribution < 1.29 is 19.0 Å². The van der Waals surface area contributed by atoms with Crippen molar-refractivity contribution in [2.75, 3.05) is 26.3 Å². The van der Waals surface area contributed by atoms with Crippen LogP contribution in [0.2, 0.25) is 5.02 Å². The second-order valence-corrected chi connectivity index (χ2v) is 7.11. The van der Waals surface area contributed by atoms with Crippen molar-refractivity contribution in [1.82, 2.24) is 4.90 Å². The topological polar surface area (TPSA) is 48.0 Å². The van der Waals surface area contributed by atoms with Crippen molar-refractivity contribution in [2.24, 2.45) is 0 Å². The molecule has 4 rings (SSSR count). The van der Waals surface area contributed by atoms with Gasteiger partial charge in [0.1, 0.15) is 0 Å². The van der Waals surface area contributed by atoms with Crippen LogP contribution in [-0.2, 0) is 10.5 Å². The molecule has 1 saturated heterocycles. The van der Waals surface area contributed by atoms with E-state index in [1.165, 1.54) is 0 Å². The Kier molecular flexibility index (Phi) is 4.29. The van der Waals surface area contributed by atoms with E-state index >= 15 is 0 Å². The number of ether oxygens (including phenoxy) is 3. The maximum atomic E-state index is 12.8. The average molecular weight is 374 g/mol. The molecule has 1 atom stereocenters. The first-order chi connectivity index (χ1) is 12.5. The van der Waals surface area contributed by atoms with Crippen molar-refractivity contribution in [2.45, 2.75) is 19.6 Å². The van der Waals surface area contributed by atoms with E-state index in [1.807, 2.05) is 38.1 Å². The molecular weight excluding hydrogens is 354 g/mol. The molecule has 1 amide bonds. The Morgan fingerprint density at radius 3 is 2.35 bits per heavy atom. The van der Waals surface area contributed by atoms with E-state index in [-0.39, 0.29) is 5.91 Å². The van der Waals surface area contributed by atoms with Crippen LogP contribution in [0.1, 0.15) is 28.4 Å². The summed E-state index contributed by atoms with van der Waals surface area (Å²) in [5.41, 5.74) is 2.48. The van der Waals surface area contributed by atoms with Crippen LogP contribution in [0.3, 0.4) is 0 Å². The van der Waals surface area contributed by atoms with Crippen LogP contribution in [-0.4, -0.2) is 37.1 Å². The minimum Gasteiger partial charge on any atom is -0.445 e. The summed E-state index contributed by atoms with van der Waals surface area (Å²) in [6.07, 6.45) is 0. The molecule has 0 aromatic heterocycles. The largest absolute Gasteiger partial charge is 0.445 e. The summed E-state index contributed by atoms with van der Waals surface area (Å²) >= 11 is 6.37. The van der Waals surface area contributed by atoms with Gasteiger partial charge in [-0.2, -0.15) is 0 Å². The number of fused-ring (bicyclic) bond motifs is 1. The molecule has 0 saturated carbocycles. The smallest absolute Gasteiger partial charge is 0.275 e.